The highest BCUT2D eigenvalue weighted by molar-refractivity contribution is 5.88. The lowest BCUT2D eigenvalue weighted by molar-refractivity contribution is -0.516. The normalized spacial score (nSPS) is 11.1. The van der Waals surface area contributed by atoms with Gasteiger partial charge in [0.25, 0.3) is 0 Å². The number of nitrogens with one attached hydrogen (secondary N) is 1. The van der Waals surface area contributed by atoms with Crippen molar-refractivity contribution >= 4 is 11.6 Å². The monoisotopic (exact) mass is 415 g/mol. The van der Waals surface area contributed by atoms with Gasteiger partial charge < -0.3 is 5.73 Å². The molecular weight excluding hydrogens is 399 g/mol. The van der Waals surface area contributed by atoms with Gasteiger partial charge in [0.05, 0.1) is 29.8 Å². The van der Waals surface area contributed by atoms with Crippen LogP contribution in [0, 0.1) is 5.82 Å². The third-order valence-corrected chi connectivity index (χ3v) is 4.84. The fourth-order valence-corrected chi connectivity index (χ4v) is 3.44. The zero-order chi connectivity index (χ0) is 21.4. The van der Waals surface area contributed by atoms with Crippen molar-refractivity contribution in [3.05, 3.63) is 89.1 Å². The van der Waals surface area contributed by atoms with Crippen LogP contribution < -0.4 is 15.8 Å². The van der Waals surface area contributed by atoms with Crippen LogP contribution in [0.4, 0.5) is 10.3 Å². The van der Waals surface area contributed by atoms with E-state index in [-0.39, 0.29) is 12.5 Å². The van der Waals surface area contributed by atoms with Gasteiger partial charge in [-0.05, 0) is 18.2 Å². The van der Waals surface area contributed by atoms with Crippen LogP contribution in [-0.4, -0.2) is 29.9 Å². The summed E-state index contributed by atoms with van der Waals surface area (Å²) in [5.74, 6) is -0.415. The molecule has 0 fully saturated rings. The molecule has 0 aliphatic heterocycles. The number of anilines is 1. The largest absolute Gasteiger partial charge is 0.428 e. The number of rotatable bonds is 4. The van der Waals surface area contributed by atoms with Crippen LogP contribution in [-0.2, 0) is 6.54 Å². The molecule has 3 N–H and O–H groups in total. The van der Waals surface area contributed by atoms with Gasteiger partial charge >= 0.3 is 11.6 Å². The first-order valence-corrected chi connectivity index (χ1v) is 9.39. The van der Waals surface area contributed by atoms with Crippen molar-refractivity contribution in [2.45, 2.75) is 6.54 Å². The van der Waals surface area contributed by atoms with Gasteiger partial charge in [-0.2, -0.15) is 14.9 Å². The predicted octanol–water partition coefficient (Wildman–Crippen LogP) is 1.60. The second-order valence-electron chi connectivity index (χ2n) is 6.82. The standard InChI is InChI=1S/C21H15FN8O/c22-15-6-7-16(24-11-15)12-29-21(31)30-19(28-29)17(14-8-9-25-26-10-14)18(27-20(30)23)13-4-2-1-3-5-13/h1-11H,12H2,(H2,23,25,27,28)/p+1. The van der Waals surface area contributed by atoms with E-state index >= 15 is 0 Å². The van der Waals surface area contributed by atoms with Gasteiger partial charge in [0.15, 0.2) is 0 Å². The minimum Gasteiger partial charge on any atom is -0.319 e. The Morgan fingerprint density at radius 3 is 2.58 bits per heavy atom. The number of hydrogen-bond acceptors (Lipinski definition) is 6. The molecule has 0 bridgehead atoms. The summed E-state index contributed by atoms with van der Waals surface area (Å²) in [6.45, 7) is 0.106. The molecule has 0 aliphatic rings. The molecule has 152 valence electrons. The van der Waals surface area contributed by atoms with Crippen LogP contribution in [0.2, 0.25) is 0 Å². The smallest absolute Gasteiger partial charge is 0.319 e. The Kier molecular flexibility index (Phi) is 4.43. The molecule has 9 nitrogen and oxygen atoms in total. The average molecular weight is 415 g/mol. The van der Waals surface area contributed by atoms with E-state index in [1.165, 1.54) is 21.2 Å². The molecule has 0 unspecified atom stereocenters. The molecule has 4 heterocycles. The number of benzene rings is 1. The first-order chi connectivity index (χ1) is 15.1. The topological polar surface area (TPSA) is 119 Å². The first-order valence-electron chi connectivity index (χ1n) is 9.39. The van der Waals surface area contributed by atoms with Crippen LogP contribution in [0.15, 0.2) is 71.9 Å². The van der Waals surface area contributed by atoms with Gasteiger partial charge in [-0.3, -0.25) is 4.98 Å². The van der Waals surface area contributed by atoms with Crippen LogP contribution >= 0.6 is 0 Å². The molecule has 0 aliphatic carbocycles. The Balaban J connectivity index is 1.78. The molecule has 0 amide bonds. The molecule has 0 atom stereocenters. The first kappa shape index (κ1) is 18.6. The van der Waals surface area contributed by atoms with E-state index in [0.29, 0.717) is 28.2 Å². The molecule has 4 aromatic heterocycles. The van der Waals surface area contributed by atoms with Crippen LogP contribution in [0.25, 0.3) is 28.0 Å². The van der Waals surface area contributed by atoms with E-state index in [2.05, 4.69) is 25.3 Å². The maximum absolute atomic E-state index is 13.2. The zero-order valence-corrected chi connectivity index (χ0v) is 16.1. The van der Waals surface area contributed by atoms with Crippen molar-refractivity contribution in [3.8, 4) is 22.4 Å². The van der Waals surface area contributed by atoms with Crippen molar-refractivity contribution in [2.75, 3.05) is 5.73 Å². The summed E-state index contributed by atoms with van der Waals surface area (Å²) in [6.07, 6.45) is 4.26. The highest BCUT2D eigenvalue weighted by Gasteiger charge is 2.26. The second kappa shape index (κ2) is 7.41. The highest BCUT2D eigenvalue weighted by atomic mass is 19.1. The number of nitrogen functional groups attached to an aromatic ring is 1. The Hall–Kier alpha value is -4.47. The maximum atomic E-state index is 13.2. The summed E-state index contributed by atoms with van der Waals surface area (Å²) in [6, 6.07) is 14.1. The number of hydrogen-bond donors (Lipinski definition) is 2. The van der Waals surface area contributed by atoms with Crippen molar-refractivity contribution < 1.29 is 8.79 Å². The molecule has 0 saturated heterocycles. The van der Waals surface area contributed by atoms with Crippen molar-refractivity contribution in [1.82, 2.24) is 29.9 Å². The third kappa shape index (κ3) is 3.29. The maximum Gasteiger partial charge on any atom is 0.428 e. The number of H-pyrrole nitrogens is 1. The SMILES string of the molecule is Nc1nc(-c2ccccc2)c(-c2ccnnc2)c2[nH]n(Cc3ccc(F)cn3)c(=O)[n+]12. The molecule has 10 heteroatoms. The molecule has 5 aromatic rings. The van der Waals surface area contributed by atoms with Crippen molar-refractivity contribution in [2.24, 2.45) is 0 Å². The number of nitrogens with zero attached hydrogens (tertiary/aromatic N) is 6. The summed E-state index contributed by atoms with van der Waals surface area (Å²) in [5, 5.41) is 10.9. The van der Waals surface area contributed by atoms with E-state index in [0.717, 1.165) is 11.8 Å². The molecule has 1 aromatic carbocycles. The Bertz CT molecular complexity index is 1430. The van der Waals surface area contributed by atoms with Gasteiger partial charge in [-0.25, -0.2) is 14.3 Å². The molecule has 31 heavy (non-hydrogen) atoms. The molecular formula is C21H16FN8O+. The van der Waals surface area contributed by atoms with Crippen LogP contribution in [0.5, 0.6) is 0 Å². The van der Waals surface area contributed by atoms with E-state index in [4.69, 9.17) is 5.73 Å². The minimum atomic E-state index is -0.449. The predicted molar refractivity (Wildman–Crippen MR) is 110 cm³/mol. The number of fused-ring (bicyclic) bond motifs is 1. The van der Waals surface area contributed by atoms with Crippen molar-refractivity contribution in [3.63, 3.8) is 0 Å². The Morgan fingerprint density at radius 1 is 1.03 bits per heavy atom. The number of aromatic nitrogens is 7. The Labute approximate surface area is 174 Å². The van der Waals surface area contributed by atoms with E-state index in [1.54, 1.807) is 18.5 Å². The van der Waals surface area contributed by atoms with Gasteiger partial charge in [0, 0.05) is 11.1 Å². The lowest BCUT2D eigenvalue weighted by atomic mass is 10.0. The summed E-state index contributed by atoms with van der Waals surface area (Å²) in [5.41, 5.74) is 9.53. The molecule has 0 saturated carbocycles. The fourth-order valence-electron chi connectivity index (χ4n) is 3.44. The lowest BCUT2D eigenvalue weighted by Gasteiger charge is -2.07. The van der Waals surface area contributed by atoms with Crippen molar-refractivity contribution in [1.29, 1.82) is 0 Å². The zero-order valence-electron chi connectivity index (χ0n) is 16.1. The quantitative estimate of drug-likeness (QED) is 0.430. The van der Waals surface area contributed by atoms with E-state index < -0.39 is 11.5 Å². The van der Waals surface area contributed by atoms with E-state index in [1.807, 2.05) is 30.3 Å². The number of aromatic amines is 1. The fraction of sp³-hybridized carbons (Fsp3) is 0.0476. The lowest BCUT2D eigenvalue weighted by Crippen LogP contribution is -2.44. The number of nitrogens with two attached hydrogens (primary N) is 1. The highest BCUT2D eigenvalue weighted by Crippen LogP contribution is 2.31. The van der Waals surface area contributed by atoms with E-state index in [9.17, 15) is 9.18 Å². The summed E-state index contributed by atoms with van der Waals surface area (Å²) in [7, 11) is 0. The van der Waals surface area contributed by atoms with Gasteiger partial charge in [0.1, 0.15) is 18.1 Å². The second-order valence-corrected chi connectivity index (χ2v) is 6.82. The minimum absolute atomic E-state index is 0.0340. The number of halogens is 1. The number of pyridine rings is 1. The molecule has 5 rings (SSSR count). The Morgan fingerprint density at radius 2 is 1.87 bits per heavy atom. The summed E-state index contributed by atoms with van der Waals surface area (Å²) < 4.78 is 15.8. The van der Waals surface area contributed by atoms with Crippen LogP contribution in [0.1, 0.15) is 5.69 Å². The molecule has 0 radical (unpaired) electrons. The molecule has 0 spiro atoms. The van der Waals surface area contributed by atoms with Crippen LogP contribution in [0.3, 0.4) is 0 Å². The van der Waals surface area contributed by atoms with Gasteiger partial charge in [0.2, 0.25) is 5.65 Å². The summed E-state index contributed by atoms with van der Waals surface area (Å²) in [4.78, 5) is 21.7. The van der Waals surface area contributed by atoms with Gasteiger partial charge in [-0.15, -0.1) is 9.38 Å². The van der Waals surface area contributed by atoms with Gasteiger partial charge in [-0.1, -0.05) is 30.3 Å². The average Bonchev–Trinajstić information content (AvgIpc) is 3.12. The third-order valence-electron chi connectivity index (χ3n) is 4.84. The summed E-state index contributed by atoms with van der Waals surface area (Å²) >= 11 is 0.